The lowest BCUT2D eigenvalue weighted by Gasteiger charge is -2.61. The molecule has 0 aromatic rings. The maximum atomic E-state index is 12.5. The first-order valence-electron chi connectivity index (χ1n) is 16.2. The SMILES string of the molecule is CC(C)CCC[C@@H](C)[C@H]1CCC2C3CCC4C[C@H](OC(=O)CCC(=O)C(C)C)CC[C@]4(C)C3CC[C@@]21C. The van der Waals surface area contributed by atoms with Crippen LogP contribution >= 0.6 is 0 Å². The lowest BCUT2D eigenvalue weighted by atomic mass is 9.44. The molecule has 0 spiro atoms. The quantitative estimate of drug-likeness (QED) is 0.273. The number of esters is 1. The average Bonchev–Trinajstić information content (AvgIpc) is 3.19. The number of ketones is 1. The van der Waals surface area contributed by atoms with Gasteiger partial charge in [0, 0.05) is 12.3 Å². The summed E-state index contributed by atoms with van der Waals surface area (Å²) < 4.78 is 5.93. The number of fused-ring (bicyclic) bond motifs is 5. The molecule has 0 heterocycles. The Kier molecular flexibility index (Phi) is 9.22. The van der Waals surface area contributed by atoms with Crippen LogP contribution in [0.25, 0.3) is 0 Å². The van der Waals surface area contributed by atoms with Crippen LogP contribution in [0.2, 0.25) is 0 Å². The number of hydrogen-bond donors (Lipinski definition) is 0. The molecule has 0 N–H and O–H groups in total. The van der Waals surface area contributed by atoms with Gasteiger partial charge in [0.2, 0.25) is 0 Å². The predicted octanol–water partition coefficient (Wildman–Crippen LogP) is 9.02. The summed E-state index contributed by atoms with van der Waals surface area (Å²) in [5.74, 6) is 6.02. The highest BCUT2D eigenvalue weighted by molar-refractivity contribution is 5.84. The third-order valence-corrected chi connectivity index (χ3v) is 12.3. The van der Waals surface area contributed by atoms with Crippen LogP contribution in [0.1, 0.15) is 138 Å². The number of carbonyl (C=O) groups excluding carboxylic acids is 2. The van der Waals surface area contributed by atoms with E-state index in [1.54, 1.807) is 0 Å². The first-order valence-corrected chi connectivity index (χ1v) is 16.2. The van der Waals surface area contributed by atoms with E-state index >= 15 is 0 Å². The summed E-state index contributed by atoms with van der Waals surface area (Å²) in [4.78, 5) is 24.4. The van der Waals surface area contributed by atoms with Gasteiger partial charge in [-0.15, -0.1) is 0 Å². The van der Waals surface area contributed by atoms with Crippen molar-refractivity contribution >= 4 is 11.8 Å². The standard InChI is InChI=1S/C34H58O3/c1-22(2)9-8-10-24(5)28-13-14-29-27-12-11-25-21-26(37-32(36)16-15-31(35)23(3)4)17-19-33(25,6)30(27)18-20-34(28,29)7/h22-30H,8-21H2,1-7H3/t24-,25?,26-,27?,28-,29?,30?,33+,34-/m1/s1. The Morgan fingerprint density at radius 2 is 1.51 bits per heavy atom. The molecule has 37 heavy (non-hydrogen) atoms. The van der Waals surface area contributed by atoms with E-state index in [0.717, 1.165) is 48.3 Å². The van der Waals surface area contributed by atoms with Gasteiger partial charge in [-0.05, 0) is 110 Å². The van der Waals surface area contributed by atoms with Crippen molar-refractivity contribution in [2.45, 2.75) is 144 Å². The zero-order valence-electron chi connectivity index (χ0n) is 25.3. The van der Waals surface area contributed by atoms with E-state index in [1.165, 1.54) is 64.2 Å². The van der Waals surface area contributed by atoms with Gasteiger partial charge in [-0.2, -0.15) is 0 Å². The van der Waals surface area contributed by atoms with Crippen LogP contribution in [-0.2, 0) is 14.3 Å². The number of rotatable bonds is 10. The molecule has 4 unspecified atom stereocenters. The number of Topliss-reactive ketones (excluding diaryl/α,β-unsaturated/α-hetero) is 1. The Labute approximate surface area is 228 Å². The molecule has 0 saturated heterocycles. The Hall–Kier alpha value is -0.860. The van der Waals surface area contributed by atoms with Gasteiger partial charge >= 0.3 is 5.97 Å². The number of hydrogen-bond acceptors (Lipinski definition) is 3. The maximum absolute atomic E-state index is 12.5. The van der Waals surface area contributed by atoms with Gasteiger partial charge in [-0.1, -0.05) is 67.7 Å². The van der Waals surface area contributed by atoms with Crippen LogP contribution < -0.4 is 0 Å². The summed E-state index contributed by atoms with van der Waals surface area (Å²) in [5, 5.41) is 0. The van der Waals surface area contributed by atoms with Crippen LogP contribution in [0, 0.1) is 58.2 Å². The van der Waals surface area contributed by atoms with E-state index in [1.807, 2.05) is 13.8 Å². The molecule has 3 nitrogen and oxygen atoms in total. The summed E-state index contributed by atoms with van der Waals surface area (Å²) >= 11 is 0. The second kappa shape index (κ2) is 11.7. The van der Waals surface area contributed by atoms with Crippen molar-refractivity contribution in [3.05, 3.63) is 0 Å². The topological polar surface area (TPSA) is 43.4 Å². The first-order chi connectivity index (χ1) is 17.5. The van der Waals surface area contributed by atoms with Gasteiger partial charge in [0.15, 0.2) is 0 Å². The van der Waals surface area contributed by atoms with Crippen molar-refractivity contribution in [3.8, 4) is 0 Å². The van der Waals surface area contributed by atoms with Gasteiger partial charge in [-0.25, -0.2) is 0 Å². The molecule has 0 amide bonds. The minimum absolute atomic E-state index is 0.000966. The fourth-order valence-corrected chi connectivity index (χ4v) is 10.1. The van der Waals surface area contributed by atoms with Gasteiger partial charge < -0.3 is 4.74 Å². The molecular formula is C34H58O3. The van der Waals surface area contributed by atoms with Gasteiger partial charge in [0.05, 0.1) is 6.42 Å². The Morgan fingerprint density at radius 3 is 2.22 bits per heavy atom. The van der Waals surface area contributed by atoms with Crippen molar-refractivity contribution in [3.63, 3.8) is 0 Å². The highest BCUT2D eigenvalue weighted by Gasteiger charge is 2.60. The molecule has 0 aromatic heterocycles. The predicted molar refractivity (Wildman–Crippen MR) is 152 cm³/mol. The molecule has 4 aliphatic rings. The van der Waals surface area contributed by atoms with Crippen molar-refractivity contribution in [2.75, 3.05) is 0 Å². The summed E-state index contributed by atoms with van der Waals surface area (Å²) in [6, 6.07) is 0. The summed E-state index contributed by atoms with van der Waals surface area (Å²) in [5.41, 5.74) is 0.976. The van der Waals surface area contributed by atoms with E-state index in [9.17, 15) is 9.59 Å². The lowest BCUT2D eigenvalue weighted by molar-refractivity contribution is -0.163. The second-order valence-corrected chi connectivity index (χ2v) is 15.2. The van der Waals surface area contributed by atoms with Crippen LogP contribution in [0.3, 0.4) is 0 Å². The van der Waals surface area contributed by atoms with Crippen molar-refractivity contribution < 1.29 is 14.3 Å². The van der Waals surface area contributed by atoms with Gasteiger partial charge in [-0.3, -0.25) is 9.59 Å². The van der Waals surface area contributed by atoms with E-state index < -0.39 is 0 Å². The maximum Gasteiger partial charge on any atom is 0.306 e. The van der Waals surface area contributed by atoms with Crippen LogP contribution in [0.15, 0.2) is 0 Å². The highest BCUT2D eigenvalue weighted by atomic mass is 16.5. The fourth-order valence-electron chi connectivity index (χ4n) is 10.1. The fraction of sp³-hybridized carbons (Fsp3) is 0.941. The third-order valence-electron chi connectivity index (χ3n) is 12.3. The Morgan fingerprint density at radius 1 is 0.811 bits per heavy atom. The molecule has 0 bridgehead atoms. The molecule has 4 rings (SSSR count). The molecule has 4 fully saturated rings. The zero-order valence-corrected chi connectivity index (χ0v) is 25.3. The van der Waals surface area contributed by atoms with Crippen LogP contribution in [-0.4, -0.2) is 17.9 Å². The Balaban J connectivity index is 1.34. The molecule has 0 radical (unpaired) electrons. The molecule has 3 heteroatoms. The van der Waals surface area contributed by atoms with Crippen molar-refractivity contribution in [1.29, 1.82) is 0 Å². The van der Waals surface area contributed by atoms with Crippen LogP contribution in [0.5, 0.6) is 0 Å². The summed E-state index contributed by atoms with van der Waals surface area (Å²) in [7, 11) is 0. The smallest absolute Gasteiger partial charge is 0.306 e. The van der Waals surface area contributed by atoms with E-state index in [-0.39, 0.29) is 30.2 Å². The van der Waals surface area contributed by atoms with E-state index in [0.29, 0.717) is 23.2 Å². The zero-order chi connectivity index (χ0) is 27.0. The monoisotopic (exact) mass is 514 g/mol. The first kappa shape index (κ1) is 29.1. The largest absolute Gasteiger partial charge is 0.462 e. The molecule has 4 saturated carbocycles. The molecular weight excluding hydrogens is 456 g/mol. The minimum Gasteiger partial charge on any atom is -0.462 e. The highest BCUT2D eigenvalue weighted by Crippen LogP contribution is 2.68. The van der Waals surface area contributed by atoms with Gasteiger partial charge in [0.25, 0.3) is 0 Å². The minimum atomic E-state index is -0.163. The van der Waals surface area contributed by atoms with Gasteiger partial charge in [0.1, 0.15) is 11.9 Å². The summed E-state index contributed by atoms with van der Waals surface area (Å²) in [6.07, 6.45) is 16.6. The third kappa shape index (κ3) is 6.01. The molecule has 0 aliphatic heterocycles. The Bertz CT molecular complexity index is 801. The van der Waals surface area contributed by atoms with E-state index in [2.05, 4.69) is 34.6 Å². The van der Waals surface area contributed by atoms with E-state index in [4.69, 9.17) is 4.74 Å². The molecule has 9 atom stereocenters. The number of carbonyl (C=O) groups is 2. The van der Waals surface area contributed by atoms with Crippen LogP contribution in [0.4, 0.5) is 0 Å². The molecule has 0 aromatic carbocycles. The molecule has 212 valence electrons. The second-order valence-electron chi connectivity index (χ2n) is 15.2. The van der Waals surface area contributed by atoms with Crippen molar-refractivity contribution in [1.82, 2.24) is 0 Å². The average molecular weight is 515 g/mol. The normalized spacial score (nSPS) is 40.1. The molecule has 4 aliphatic carbocycles. The lowest BCUT2D eigenvalue weighted by Crippen LogP contribution is -2.54. The number of ether oxygens (including phenoxy) is 1. The summed E-state index contributed by atoms with van der Waals surface area (Å²) in [6.45, 7) is 16.4. The van der Waals surface area contributed by atoms with Crippen molar-refractivity contribution in [2.24, 2.45) is 58.2 Å².